The molecule has 2 aromatic rings. The molecule has 0 N–H and O–H groups in total. The van der Waals surface area contributed by atoms with Crippen molar-refractivity contribution in [2.45, 2.75) is 6.61 Å². The van der Waals surface area contributed by atoms with E-state index in [2.05, 4.69) is 10.1 Å². The fourth-order valence-corrected chi connectivity index (χ4v) is 1.39. The van der Waals surface area contributed by atoms with Gasteiger partial charge in [-0.1, -0.05) is 35.5 Å². The van der Waals surface area contributed by atoms with Crippen LogP contribution >= 0.6 is 0 Å². The predicted octanol–water partition coefficient (Wildman–Crippen LogP) is 2.53. The van der Waals surface area contributed by atoms with Gasteiger partial charge in [-0.05, 0) is 17.7 Å². The van der Waals surface area contributed by atoms with Gasteiger partial charge in [0.05, 0.1) is 0 Å². The van der Waals surface area contributed by atoms with Crippen LogP contribution in [0.15, 0.2) is 60.0 Å². The number of oxime groups is 1. The van der Waals surface area contributed by atoms with Crippen LogP contribution in [0, 0.1) is 11.3 Å². The lowest BCUT2D eigenvalue weighted by molar-refractivity contribution is 0.131. The van der Waals surface area contributed by atoms with Crippen molar-refractivity contribution in [1.29, 1.82) is 5.26 Å². The molecule has 88 valence electrons. The first kappa shape index (κ1) is 11.8. The first-order valence-electron chi connectivity index (χ1n) is 5.44. The zero-order valence-electron chi connectivity index (χ0n) is 9.65. The van der Waals surface area contributed by atoms with Crippen LogP contribution in [-0.2, 0) is 11.4 Å². The number of aromatic nitrogens is 1. The molecule has 0 saturated carbocycles. The Kier molecular flexibility index (Phi) is 4.04. The lowest BCUT2D eigenvalue weighted by Crippen LogP contribution is -1.99. The Morgan fingerprint density at radius 2 is 1.89 bits per heavy atom. The second kappa shape index (κ2) is 6.16. The van der Waals surface area contributed by atoms with Crippen molar-refractivity contribution in [3.63, 3.8) is 0 Å². The number of benzene rings is 1. The molecule has 1 aromatic carbocycles. The minimum atomic E-state index is 0.244. The lowest BCUT2D eigenvalue weighted by Gasteiger charge is -2.00. The van der Waals surface area contributed by atoms with Gasteiger partial charge in [0.25, 0.3) is 0 Å². The van der Waals surface area contributed by atoms with E-state index in [0.29, 0.717) is 12.2 Å². The van der Waals surface area contributed by atoms with E-state index in [1.165, 1.54) is 0 Å². The Labute approximate surface area is 105 Å². The Hall–Kier alpha value is -2.67. The summed E-state index contributed by atoms with van der Waals surface area (Å²) in [5, 5.41) is 12.8. The van der Waals surface area contributed by atoms with Crippen molar-refractivity contribution in [2.75, 3.05) is 0 Å². The van der Waals surface area contributed by atoms with Gasteiger partial charge in [-0.3, -0.25) is 4.98 Å². The summed E-state index contributed by atoms with van der Waals surface area (Å²) in [7, 11) is 0. The summed E-state index contributed by atoms with van der Waals surface area (Å²) >= 11 is 0. The Morgan fingerprint density at radius 1 is 1.17 bits per heavy atom. The topological polar surface area (TPSA) is 58.3 Å². The molecule has 0 amide bonds. The predicted molar refractivity (Wildman–Crippen MR) is 67.6 cm³/mol. The van der Waals surface area contributed by atoms with Gasteiger partial charge >= 0.3 is 0 Å². The van der Waals surface area contributed by atoms with Crippen LogP contribution in [0.2, 0.25) is 0 Å². The maximum absolute atomic E-state index is 9.00. The molecule has 0 saturated heterocycles. The Morgan fingerprint density at radius 3 is 2.56 bits per heavy atom. The molecule has 0 unspecified atom stereocenters. The van der Waals surface area contributed by atoms with Gasteiger partial charge in [0.2, 0.25) is 0 Å². The lowest BCUT2D eigenvalue weighted by atomic mass is 10.2. The first-order valence-corrected chi connectivity index (χ1v) is 5.44. The van der Waals surface area contributed by atoms with Crippen molar-refractivity contribution in [3.05, 3.63) is 66.0 Å². The standard InChI is InChI=1S/C14H11N3O/c15-10-14(13-6-8-16-9-7-13)17-18-11-12-4-2-1-3-5-12/h1-9H,11H2. The van der Waals surface area contributed by atoms with Crippen LogP contribution in [-0.4, -0.2) is 10.7 Å². The van der Waals surface area contributed by atoms with E-state index in [1.54, 1.807) is 24.5 Å². The van der Waals surface area contributed by atoms with Crippen molar-refractivity contribution >= 4 is 5.71 Å². The smallest absolute Gasteiger partial charge is 0.187 e. The molecule has 1 aromatic heterocycles. The van der Waals surface area contributed by atoms with Crippen molar-refractivity contribution in [3.8, 4) is 6.07 Å². The van der Waals surface area contributed by atoms with Gasteiger partial charge in [0.1, 0.15) is 12.7 Å². The Bertz CT molecular complexity index is 559. The summed E-state index contributed by atoms with van der Waals surface area (Å²) in [4.78, 5) is 9.06. The molecule has 1 heterocycles. The van der Waals surface area contributed by atoms with Crippen LogP contribution in [0.1, 0.15) is 11.1 Å². The molecule has 4 heteroatoms. The second-order valence-corrected chi connectivity index (χ2v) is 3.55. The summed E-state index contributed by atoms with van der Waals surface area (Å²) in [5.74, 6) is 0. The highest BCUT2D eigenvalue weighted by molar-refractivity contribution is 6.11. The Balaban J connectivity index is 2.02. The summed E-state index contributed by atoms with van der Waals surface area (Å²) in [6, 6.07) is 15.1. The van der Waals surface area contributed by atoms with Crippen molar-refractivity contribution < 1.29 is 4.84 Å². The highest BCUT2D eigenvalue weighted by Crippen LogP contribution is 2.03. The number of hydrogen-bond acceptors (Lipinski definition) is 4. The van der Waals surface area contributed by atoms with Gasteiger partial charge in [-0.25, -0.2) is 0 Å². The molecule has 0 atom stereocenters. The van der Waals surface area contributed by atoms with E-state index in [4.69, 9.17) is 10.1 Å². The van der Waals surface area contributed by atoms with Crippen LogP contribution in [0.4, 0.5) is 0 Å². The first-order chi connectivity index (χ1) is 8.90. The zero-order chi connectivity index (χ0) is 12.6. The average Bonchev–Trinajstić information content (AvgIpc) is 2.46. The van der Waals surface area contributed by atoms with E-state index in [9.17, 15) is 0 Å². The highest BCUT2D eigenvalue weighted by Gasteiger charge is 2.02. The maximum Gasteiger partial charge on any atom is 0.187 e. The van der Waals surface area contributed by atoms with E-state index in [-0.39, 0.29) is 5.71 Å². The molecule has 4 nitrogen and oxygen atoms in total. The van der Waals surface area contributed by atoms with Crippen molar-refractivity contribution in [2.24, 2.45) is 5.16 Å². The number of nitriles is 1. The van der Waals surface area contributed by atoms with Gasteiger partial charge in [0, 0.05) is 18.0 Å². The maximum atomic E-state index is 9.00. The molecule has 0 aliphatic heterocycles. The zero-order valence-corrected chi connectivity index (χ0v) is 9.65. The average molecular weight is 237 g/mol. The van der Waals surface area contributed by atoms with Crippen LogP contribution in [0.3, 0.4) is 0 Å². The second-order valence-electron chi connectivity index (χ2n) is 3.55. The van der Waals surface area contributed by atoms with Crippen LogP contribution in [0.25, 0.3) is 0 Å². The van der Waals surface area contributed by atoms with Gasteiger partial charge in [0.15, 0.2) is 5.71 Å². The summed E-state index contributed by atoms with van der Waals surface area (Å²) in [5.41, 5.74) is 1.95. The normalized spacial score (nSPS) is 10.7. The molecule has 2 rings (SSSR count). The SMILES string of the molecule is N#CC(=NOCc1ccccc1)c1ccncc1. The molecule has 0 spiro atoms. The molecule has 0 bridgehead atoms. The van der Waals surface area contributed by atoms with Crippen LogP contribution in [0.5, 0.6) is 0 Å². The number of pyridine rings is 1. The van der Waals surface area contributed by atoms with E-state index in [0.717, 1.165) is 5.56 Å². The number of hydrogen-bond donors (Lipinski definition) is 0. The quantitative estimate of drug-likeness (QED) is 0.606. The number of rotatable bonds is 4. The fraction of sp³-hybridized carbons (Fsp3) is 0.0714. The number of nitrogens with zero attached hydrogens (tertiary/aromatic N) is 3. The van der Waals surface area contributed by atoms with E-state index in [1.807, 2.05) is 36.4 Å². The highest BCUT2D eigenvalue weighted by atomic mass is 16.6. The fourth-order valence-electron chi connectivity index (χ4n) is 1.39. The molecule has 0 fully saturated rings. The van der Waals surface area contributed by atoms with Gasteiger partial charge < -0.3 is 4.84 Å². The summed E-state index contributed by atoms with van der Waals surface area (Å²) in [6.07, 6.45) is 3.22. The van der Waals surface area contributed by atoms with Crippen LogP contribution < -0.4 is 0 Å². The molecule has 0 radical (unpaired) electrons. The molecule has 18 heavy (non-hydrogen) atoms. The van der Waals surface area contributed by atoms with E-state index >= 15 is 0 Å². The van der Waals surface area contributed by atoms with Gasteiger partial charge in [-0.2, -0.15) is 5.26 Å². The van der Waals surface area contributed by atoms with Crippen molar-refractivity contribution in [1.82, 2.24) is 4.98 Å². The molecule has 0 aliphatic carbocycles. The monoisotopic (exact) mass is 237 g/mol. The molecular weight excluding hydrogens is 226 g/mol. The third-order valence-corrected chi connectivity index (χ3v) is 2.29. The third-order valence-electron chi connectivity index (χ3n) is 2.29. The summed E-state index contributed by atoms with van der Waals surface area (Å²) < 4.78 is 0. The minimum Gasteiger partial charge on any atom is -0.390 e. The van der Waals surface area contributed by atoms with E-state index < -0.39 is 0 Å². The summed E-state index contributed by atoms with van der Waals surface area (Å²) in [6.45, 7) is 0.344. The largest absolute Gasteiger partial charge is 0.390 e. The third kappa shape index (κ3) is 3.16. The molecule has 0 aliphatic rings. The van der Waals surface area contributed by atoms with Gasteiger partial charge in [-0.15, -0.1) is 0 Å². The molecular formula is C14H11N3O. The minimum absolute atomic E-state index is 0.244.